The number of esters is 1. The number of hydrogen-bond donors (Lipinski definition) is 1. The molecular weight excluding hydrogens is 361 g/mol. The van der Waals surface area contributed by atoms with Crippen LogP contribution in [0.4, 0.5) is 22.0 Å². The number of halogens is 5. The Kier molecular flexibility index (Phi) is 6.23. The van der Waals surface area contributed by atoms with Crippen molar-refractivity contribution >= 4 is 22.0 Å². The summed E-state index contributed by atoms with van der Waals surface area (Å²) >= 11 is 0. The maximum atomic E-state index is 12.9. The van der Waals surface area contributed by atoms with Gasteiger partial charge in [0, 0.05) is 12.5 Å². The zero-order chi connectivity index (χ0) is 18.7. The second-order valence-electron chi connectivity index (χ2n) is 3.79. The quantitative estimate of drug-likeness (QED) is 0.209. The molecule has 1 atom stereocenters. The second kappa shape index (κ2) is 6.76. The Morgan fingerprint density at radius 1 is 1.22 bits per heavy atom. The second-order valence-corrected chi connectivity index (χ2v) is 5.30. The van der Waals surface area contributed by atoms with Crippen molar-refractivity contribution < 1.29 is 54.0 Å². The van der Waals surface area contributed by atoms with Crippen LogP contribution in [-0.4, -0.2) is 48.7 Å². The Balaban J connectivity index is 5.46. The molecule has 2 N–H and O–H groups in total. The number of carbonyl (C=O) groups is 2. The van der Waals surface area contributed by atoms with Gasteiger partial charge in [-0.2, -0.15) is 22.0 Å². The molecule has 0 rings (SSSR count). The summed E-state index contributed by atoms with van der Waals surface area (Å²) in [6, 6.07) is 0. The molecule has 0 aliphatic heterocycles. The molecule has 0 aliphatic carbocycles. The minimum Gasteiger partial charge on any atom is -0.743 e. The fraction of sp³-hybridized carbons (Fsp3) is 0.556. The first-order valence-electron chi connectivity index (χ1n) is 5.30. The molecule has 8 nitrogen and oxygen atoms in total. The van der Waals surface area contributed by atoms with Gasteiger partial charge in [0.25, 0.3) is 0 Å². The Bertz CT molecular complexity index is 588. The van der Waals surface area contributed by atoms with Crippen molar-refractivity contribution in [2.24, 2.45) is 5.73 Å². The SMILES string of the molecule is C=CC(=O)OC(OCCC(F)(F)S(=O)(=O)[O-])(C(N)=O)C(F)(F)F. The number of primary amides is 1. The van der Waals surface area contributed by atoms with Gasteiger partial charge >= 0.3 is 29.1 Å². The van der Waals surface area contributed by atoms with Crippen LogP contribution in [0.2, 0.25) is 0 Å². The molecule has 0 aromatic rings. The van der Waals surface area contributed by atoms with Gasteiger partial charge in [-0.1, -0.05) is 6.58 Å². The molecule has 0 aromatic heterocycles. The molecule has 0 aliphatic rings. The van der Waals surface area contributed by atoms with Crippen LogP contribution in [0.5, 0.6) is 0 Å². The summed E-state index contributed by atoms with van der Waals surface area (Å²) in [6.45, 7) is 0.944. The molecule has 0 bridgehead atoms. The van der Waals surface area contributed by atoms with Gasteiger partial charge in [-0.05, 0) is 0 Å². The normalized spacial score (nSPS) is 15.6. The third kappa shape index (κ3) is 4.84. The fourth-order valence-corrected chi connectivity index (χ4v) is 1.39. The number of alkyl halides is 5. The van der Waals surface area contributed by atoms with E-state index >= 15 is 0 Å². The number of hydrogen-bond acceptors (Lipinski definition) is 7. The zero-order valence-electron chi connectivity index (χ0n) is 10.9. The van der Waals surface area contributed by atoms with Crippen molar-refractivity contribution in [1.82, 2.24) is 0 Å². The summed E-state index contributed by atoms with van der Waals surface area (Å²) in [6.07, 6.45) is -7.64. The van der Waals surface area contributed by atoms with Gasteiger partial charge in [-0.3, -0.25) is 4.79 Å². The molecular formula is C9H9F5NO7S-. The Labute approximate surface area is 125 Å². The minimum absolute atomic E-state index is 0.198. The van der Waals surface area contributed by atoms with E-state index in [9.17, 15) is 44.5 Å². The van der Waals surface area contributed by atoms with Crippen molar-refractivity contribution in [2.75, 3.05) is 6.61 Å². The third-order valence-corrected chi connectivity index (χ3v) is 3.11. The maximum Gasteiger partial charge on any atom is 0.466 e. The van der Waals surface area contributed by atoms with Gasteiger partial charge in [-0.15, -0.1) is 0 Å². The van der Waals surface area contributed by atoms with E-state index in [0.29, 0.717) is 0 Å². The predicted octanol–water partition coefficient (Wildman–Crippen LogP) is 0.00420. The molecule has 0 saturated carbocycles. The number of nitrogens with two attached hydrogens (primary N) is 1. The van der Waals surface area contributed by atoms with Gasteiger partial charge in [0.05, 0.1) is 6.61 Å². The number of amides is 1. The van der Waals surface area contributed by atoms with Crippen LogP contribution in [0.1, 0.15) is 6.42 Å². The summed E-state index contributed by atoms with van der Waals surface area (Å²) in [7, 11) is -6.19. The summed E-state index contributed by atoms with van der Waals surface area (Å²) in [5.74, 6) is -8.71. The van der Waals surface area contributed by atoms with Crippen LogP contribution in [0.15, 0.2) is 12.7 Å². The molecule has 1 unspecified atom stereocenters. The lowest BCUT2D eigenvalue weighted by Crippen LogP contribution is -2.60. The molecule has 0 fully saturated rings. The standard InChI is InChI=1S/C9H10F5NO7S/c1-2-5(16)22-8(6(15)17,9(12,13)14)21-4-3-7(10,11)23(18,19)20/h2H,1,3-4H2,(H2,15,17)(H,18,19,20)/p-1. The highest BCUT2D eigenvalue weighted by Gasteiger charge is 2.65. The Morgan fingerprint density at radius 3 is 2.00 bits per heavy atom. The first kappa shape index (κ1) is 21.2. The largest absolute Gasteiger partial charge is 0.743 e. The predicted molar refractivity (Wildman–Crippen MR) is 59.5 cm³/mol. The fourth-order valence-electron chi connectivity index (χ4n) is 1.05. The average molecular weight is 370 g/mol. The molecule has 23 heavy (non-hydrogen) atoms. The monoisotopic (exact) mass is 370 g/mol. The van der Waals surface area contributed by atoms with Crippen LogP contribution in [-0.2, 0) is 29.2 Å². The van der Waals surface area contributed by atoms with E-state index in [0.717, 1.165) is 0 Å². The third-order valence-electron chi connectivity index (χ3n) is 2.17. The highest BCUT2D eigenvalue weighted by Crippen LogP contribution is 2.36. The number of ether oxygens (including phenoxy) is 2. The van der Waals surface area contributed by atoms with Crippen molar-refractivity contribution in [3.05, 3.63) is 12.7 Å². The molecule has 14 heteroatoms. The van der Waals surface area contributed by atoms with E-state index < -0.39 is 52.2 Å². The van der Waals surface area contributed by atoms with E-state index in [-0.39, 0.29) is 6.08 Å². The van der Waals surface area contributed by atoms with Crippen LogP contribution in [0.25, 0.3) is 0 Å². The van der Waals surface area contributed by atoms with Crippen LogP contribution >= 0.6 is 0 Å². The molecule has 0 heterocycles. The van der Waals surface area contributed by atoms with E-state index in [1.165, 1.54) is 0 Å². The summed E-state index contributed by atoms with van der Waals surface area (Å²) in [4.78, 5) is 21.8. The summed E-state index contributed by atoms with van der Waals surface area (Å²) in [5, 5.41) is -4.98. The van der Waals surface area contributed by atoms with Gasteiger partial charge in [0.2, 0.25) is 0 Å². The van der Waals surface area contributed by atoms with Crippen molar-refractivity contribution in [3.8, 4) is 0 Å². The van der Waals surface area contributed by atoms with Crippen LogP contribution in [0.3, 0.4) is 0 Å². The number of rotatable bonds is 8. The van der Waals surface area contributed by atoms with E-state index in [1.54, 1.807) is 0 Å². The molecule has 0 spiro atoms. The molecule has 134 valence electrons. The highest BCUT2D eigenvalue weighted by molar-refractivity contribution is 7.86. The van der Waals surface area contributed by atoms with Crippen molar-refractivity contribution in [3.63, 3.8) is 0 Å². The molecule has 0 saturated heterocycles. The Hall–Kier alpha value is -1.80. The lowest BCUT2D eigenvalue weighted by Gasteiger charge is -2.31. The van der Waals surface area contributed by atoms with Crippen LogP contribution in [0, 0.1) is 0 Å². The van der Waals surface area contributed by atoms with E-state index in [2.05, 4.69) is 21.8 Å². The van der Waals surface area contributed by atoms with E-state index in [4.69, 9.17) is 0 Å². The van der Waals surface area contributed by atoms with Gasteiger partial charge in [0.15, 0.2) is 10.1 Å². The summed E-state index contributed by atoms with van der Waals surface area (Å²) in [5.41, 5.74) is 4.43. The first-order valence-corrected chi connectivity index (χ1v) is 6.71. The van der Waals surface area contributed by atoms with Gasteiger partial charge in [-0.25, -0.2) is 13.2 Å². The highest BCUT2D eigenvalue weighted by atomic mass is 32.2. The zero-order valence-corrected chi connectivity index (χ0v) is 11.7. The lowest BCUT2D eigenvalue weighted by molar-refractivity contribution is -0.346. The van der Waals surface area contributed by atoms with Crippen molar-refractivity contribution in [2.45, 2.75) is 23.6 Å². The van der Waals surface area contributed by atoms with Crippen molar-refractivity contribution in [1.29, 1.82) is 0 Å². The average Bonchev–Trinajstić information content (AvgIpc) is 2.33. The van der Waals surface area contributed by atoms with Crippen LogP contribution < -0.4 is 5.73 Å². The smallest absolute Gasteiger partial charge is 0.466 e. The molecule has 1 amide bonds. The first-order chi connectivity index (χ1) is 10.1. The van der Waals surface area contributed by atoms with Gasteiger partial charge in [0.1, 0.15) is 0 Å². The Morgan fingerprint density at radius 2 is 1.70 bits per heavy atom. The lowest BCUT2D eigenvalue weighted by atomic mass is 10.2. The minimum atomic E-state index is -6.19. The topological polar surface area (TPSA) is 136 Å². The maximum absolute atomic E-state index is 12.9. The molecule has 0 aromatic carbocycles. The molecule has 0 radical (unpaired) electrons. The van der Waals surface area contributed by atoms with Gasteiger partial charge < -0.3 is 19.8 Å². The number of carbonyl (C=O) groups excluding carboxylic acids is 2. The van der Waals surface area contributed by atoms with E-state index in [1.807, 2.05) is 0 Å². The summed E-state index contributed by atoms with van der Waals surface area (Å²) < 4.78 is 102.